The monoisotopic (exact) mass is 313 g/mol. The van der Waals surface area contributed by atoms with E-state index in [0.717, 1.165) is 11.3 Å². The molecule has 0 aliphatic carbocycles. The molecule has 0 aliphatic heterocycles. The van der Waals surface area contributed by atoms with Gasteiger partial charge in [0.25, 0.3) is 0 Å². The van der Waals surface area contributed by atoms with E-state index in [0.29, 0.717) is 23.0 Å². The molecule has 3 aromatic rings. The summed E-state index contributed by atoms with van der Waals surface area (Å²) < 4.78 is 15.4. The van der Waals surface area contributed by atoms with E-state index >= 15 is 0 Å². The number of carbonyl (C=O) groups excluding carboxylic acids is 1. The first-order valence-electron chi connectivity index (χ1n) is 6.84. The number of nitrogens with one attached hydrogen (secondary N) is 2. The average molecular weight is 313 g/mol. The molecule has 0 radical (unpaired) electrons. The molecular formula is C16H15N3O4. The van der Waals surface area contributed by atoms with Gasteiger partial charge in [-0.1, -0.05) is 0 Å². The maximum Gasteiger partial charge on any atom is 0.413 e. The minimum Gasteiger partial charge on any atom is -0.497 e. The molecule has 7 heteroatoms. The molecule has 1 heterocycles. The average Bonchev–Trinajstić information content (AvgIpc) is 2.96. The molecule has 2 N–H and O–H groups in total. The van der Waals surface area contributed by atoms with E-state index < -0.39 is 6.09 Å². The van der Waals surface area contributed by atoms with Crippen LogP contribution in [0.4, 0.5) is 10.7 Å². The largest absolute Gasteiger partial charge is 0.497 e. The van der Waals surface area contributed by atoms with Crippen molar-refractivity contribution in [3.63, 3.8) is 0 Å². The zero-order valence-electron chi connectivity index (χ0n) is 12.6. The third-order valence-electron chi connectivity index (χ3n) is 3.15. The molecule has 0 fully saturated rings. The Kier molecular flexibility index (Phi) is 4.01. The highest BCUT2D eigenvalue weighted by Gasteiger charge is 2.08. The quantitative estimate of drug-likeness (QED) is 0.769. The Balaban J connectivity index is 1.80. The standard InChI is InChI=1S/C16H15N3O4/c1-21-10-3-5-11(6-4-10)23-12-7-8-13-14(9-12)18-15(17-13)19-16(20)22-2/h3-9H,1-2H3,(H2,17,18,19,20). The fraction of sp³-hybridized carbons (Fsp3) is 0.125. The molecule has 1 aromatic heterocycles. The summed E-state index contributed by atoms with van der Waals surface area (Å²) in [5, 5.41) is 2.48. The fourth-order valence-electron chi connectivity index (χ4n) is 2.04. The fourth-order valence-corrected chi connectivity index (χ4v) is 2.04. The summed E-state index contributed by atoms with van der Waals surface area (Å²) >= 11 is 0. The maximum atomic E-state index is 11.2. The van der Waals surface area contributed by atoms with Crippen molar-refractivity contribution >= 4 is 23.1 Å². The highest BCUT2D eigenvalue weighted by molar-refractivity contribution is 5.86. The normalized spacial score (nSPS) is 10.3. The van der Waals surface area contributed by atoms with Crippen LogP contribution in [0.15, 0.2) is 42.5 Å². The molecule has 0 atom stereocenters. The molecule has 0 spiro atoms. The number of aromatic amines is 1. The van der Waals surface area contributed by atoms with Gasteiger partial charge in [0.2, 0.25) is 5.95 Å². The van der Waals surface area contributed by atoms with Gasteiger partial charge in [-0.15, -0.1) is 0 Å². The number of nitrogens with zero attached hydrogens (tertiary/aromatic N) is 1. The van der Waals surface area contributed by atoms with Crippen molar-refractivity contribution < 1.29 is 19.0 Å². The zero-order chi connectivity index (χ0) is 16.2. The second-order valence-electron chi connectivity index (χ2n) is 4.66. The van der Waals surface area contributed by atoms with E-state index in [-0.39, 0.29) is 0 Å². The molecule has 0 saturated carbocycles. The number of hydrogen-bond donors (Lipinski definition) is 2. The number of aromatic nitrogens is 2. The van der Waals surface area contributed by atoms with Gasteiger partial charge in [-0.2, -0.15) is 0 Å². The van der Waals surface area contributed by atoms with Crippen molar-refractivity contribution in [2.45, 2.75) is 0 Å². The van der Waals surface area contributed by atoms with E-state index in [1.807, 2.05) is 24.3 Å². The van der Waals surface area contributed by atoms with Gasteiger partial charge < -0.3 is 19.2 Å². The lowest BCUT2D eigenvalue weighted by Crippen LogP contribution is -2.11. The first-order valence-corrected chi connectivity index (χ1v) is 6.84. The number of rotatable bonds is 4. The predicted molar refractivity (Wildman–Crippen MR) is 85.2 cm³/mol. The van der Waals surface area contributed by atoms with E-state index in [4.69, 9.17) is 9.47 Å². The number of imidazole rings is 1. The highest BCUT2D eigenvalue weighted by atomic mass is 16.5. The lowest BCUT2D eigenvalue weighted by molar-refractivity contribution is 0.186. The van der Waals surface area contributed by atoms with Gasteiger partial charge in [-0.3, -0.25) is 5.32 Å². The van der Waals surface area contributed by atoms with E-state index in [1.54, 1.807) is 25.3 Å². The Labute approximate surface area is 132 Å². The van der Waals surface area contributed by atoms with Crippen molar-refractivity contribution in [3.8, 4) is 17.2 Å². The molecule has 0 unspecified atom stereocenters. The minimum absolute atomic E-state index is 0.313. The Morgan fingerprint density at radius 2 is 1.74 bits per heavy atom. The molecule has 0 bridgehead atoms. The Bertz CT molecular complexity index is 827. The van der Waals surface area contributed by atoms with Gasteiger partial charge in [0.1, 0.15) is 17.2 Å². The molecule has 0 saturated heterocycles. The summed E-state index contributed by atoms with van der Waals surface area (Å²) in [5.74, 6) is 2.42. The molecule has 7 nitrogen and oxygen atoms in total. The third kappa shape index (κ3) is 3.34. The Morgan fingerprint density at radius 3 is 2.43 bits per heavy atom. The van der Waals surface area contributed by atoms with Crippen LogP contribution >= 0.6 is 0 Å². The number of hydrogen-bond acceptors (Lipinski definition) is 5. The van der Waals surface area contributed by atoms with Crippen LogP contribution in [0.5, 0.6) is 17.2 Å². The number of ether oxygens (including phenoxy) is 3. The van der Waals surface area contributed by atoms with Crippen molar-refractivity contribution in [1.82, 2.24) is 9.97 Å². The summed E-state index contributed by atoms with van der Waals surface area (Å²) in [5.41, 5.74) is 1.45. The maximum absolute atomic E-state index is 11.2. The van der Waals surface area contributed by atoms with Gasteiger partial charge in [0.15, 0.2) is 0 Å². The van der Waals surface area contributed by atoms with Gasteiger partial charge in [0.05, 0.1) is 25.3 Å². The minimum atomic E-state index is -0.584. The molecule has 23 heavy (non-hydrogen) atoms. The van der Waals surface area contributed by atoms with Crippen LogP contribution < -0.4 is 14.8 Å². The lowest BCUT2D eigenvalue weighted by atomic mass is 10.3. The van der Waals surface area contributed by atoms with Gasteiger partial charge in [0, 0.05) is 6.07 Å². The van der Waals surface area contributed by atoms with Gasteiger partial charge in [-0.25, -0.2) is 9.78 Å². The number of benzene rings is 2. The smallest absolute Gasteiger partial charge is 0.413 e. The summed E-state index contributed by atoms with van der Waals surface area (Å²) in [7, 11) is 2.90. The second kappa shape index (κ2) is 6.27. The number of fused-ring (bicyclic) bond motifs is 1. The van der Waals surface area contributed by atoms with Crippen molar-refractivity contribution in [1.29, 1.82) is 0 Å². The SMILES string of the molecule is COC(=O)Nc1nc2ccc(Oc3ccc(OC)cc3)cc2[nH]1. The highest BCUT2D eigenvalue weighted by Crippen LogP contribution is 2.26. The summed E-state index contributed by atoms with van der Waals surface area (Å²) in [4.78, 5) is 18.4. The summed E-state index contributed by atoms with van der Waals surface area (Å²) in [6.07, 6.45) is -0.584. The number of H-pyrrole nitrogens is 1. The zero-order valence-corrected chi connectivity index (χ0v) is 12.6. The van der Waals surface area contributed by atoms with E-state index in [9.17, 15) is 4.79 Å². The summed E-state index contributed by atoms with van der Waals surface area (Å²) in [6, 6.07) is 12.7. The van der Waals surface area contributed by atoms with Crippen LogP contribution in [0, 0.1) is 0 Å². The first kappa shape index (κ1) is 14.7. The van der Waals surface area contributed by atoms with Crippen LogP contribution in [0.2, 0.25) is 0 Å². The second-order valence-corrected chi connectivity index (χ2v) is 4.66. The van der Waals surface area contributed by atoms with Crippen LogP contribution in [-0.4, -0.2) is 30.3 Å². The molecule has 118 valence electrons. The Morgan fingerprint density at radius 1 is 1.04 bits per heavy atom. The van der Waals surface area contributed by atoms with Crippen LogP contribution in [0.25, 0.3) is 11.0 Å². The Hall–Kier alpha value is -3.22. The summed E-state index contributed by atoms with van der Waals surface area (Å²) in [6.45, 7) is 0. The first-order chi connectivity index (χ1) is 11.2. The van der Waals surface area contributed by atoms with Gasteiger partial charge >= 0.3 is 6.09 Å². The molecule has 1 amide bonds. The molecule has 0 aliphatic rings. The topological polar surface area (TPSA) is 85.5 Å². The van der Waals surface area contributed by atoms with Crippen LogP contribution in [0.3, 0.4) is 0 Å². The van der Waals surface area contributed by atoms with E-state index in [1.165, 1.54) is 7.11 Å². The van der Waals surface area contributed by atoms with Crippen LogP contribution in [0.1, 0.15) is 0 Å². The number of methoxy groups -OCH3 is 2. The lowest BCUT2D eigenvalue weighted by Gasteiger charge is -2.06. The molecule has 3 rings (SSSR count). The van der Waals surface area contributed by atoms with E-state index in [2.05, 4.69) is 20.0 Å². The number of amides is 1. The third-order valence-corrected chi connectivity index (χ3v) is 3.15. The van der Waals surface area contributed by atoms with Gasteiger partial charge in [-0.05, 0) is 36.4 Å². The van der Waals surface area contributed by atoms with Crippen LogP contribution in [-0.2, 0) is 4.74 Å². The van der Waals surface area contributed by atoms with Crippen molar-refractivity contribution in [2.75, 3.05) is 19.5 Å². The number of anilines is 1. The molecular weight excluding hydrogens is 298 g/mol. The predicted octanol–water partition coefficient (Wildman–Crippen LogP) is 3.54. The van der Waals surface area contributed by atoms with Crippen molar-refractivity contribution in [2.24, 2.45) is 0 Å². The van der Waals surface area contributed by atoms with Crippen molar-refractivity contribution in [3.05, 3.63) is 42.5 Å². The number of carbonyl (C=O) groups is 1. The molecule has 2 aromatic carbocycles.